The Balaban J connectivity index is 1.17. The minimum Gasteiger partial charge on any atom is -0.473 e. The summed E-state index contributed by atoms with van der Waals surface area (Å²) in [4.78, 5) is 22.2. The highest BCUT2D eigenvalue weighted by Crippen LogP contribution is 2.44. The van der Waals surface area contributed by atoms with Crippen LogP contribution in [-0.2, 0) is 25.0 Å². The number of nitrogens with zero attached hydrogens (tertiary/aromatic N) is 5. The SMILES string of the molecule is Cn1nc(-c2ccc(OCc3ccccc3)nc2OCc2ccccc2)c2cccc(N3CCC4(CCCN(C(=O)OC(C)(C)C)C4)C3)c21. The smallest absolute Gasteiger partial charge is 0.410 e. The Morgan fingerprint density at radius 2 is 1.53 bits per heavy atom. The van der Waals surface area contributed by atoms with Crippen LogP contribution < -0.4 is 14.4 Å². The summed E-state index contributed by atoms with van der Waals surface area (Å²) >= 11 is 0. The van der Waals surface area contributed by atoms with Crippen molar-refractivity contribution in [3.63, 3.8) is 0 Å². The highest BCUT2D eigenvalue weighted by atomic mass is 16.6. The molecular formula is C40H45N5O4. The zero-order valence-corrected chi connectivity index (χ0v) is 28.9. The number of para-hydroxylation sites is 1. The number of hydrogen-bond acceptors (Lipinski definition) is 7. The van der Waals surface area contributed by atoms with E-state index in [0.717, 1.165) is 84.4 Å². The fourth-order valence-corrected chi connectivity index (χ4v) is 7.19. The second kappa shape index (κ2) is 13.5. The Kier molecular flexibility index (Phi) is 8.92. The molecule has 2 aliphatic heterocycles. The van der Waals surface area contributed by atoms with Gasteiger partial charge in [0.25, 0.3) is 0 Å². The number of anilines is 1. The summed E-state index contributed by atoms with van der Waals surface area (Å²) in [6, 6.07) is 30.5. The average Bonchev–Trinajstić information content (AvgIpc) is 3.67. The molecule has 3 aromatic carbocycles. The van der Waals surface area contributed by atoms with Crippen LogP contribution in [0.4, 0.5) is 10.5 Å². The first-order chi connectivity index (χ1) is 23.7. The van der Waals surface area contributed by atoms with Gasteiger partial charge in [-0.1, -0.05) is 72.8 Å². The number of rotatable bonds is 8. The van der Waals surface area contributed by atoms with E-state index in [9.17, 15) is 4.79 Å². The molecule has 49 heavy (non-hydrogen) atoms. The zero-order valence-electron chi connectivity index (χ0n) is 28.9. The molecule has 9 nitrogen and oxygen atoms in total. The fraction of sp³-hybridized carbons (Fsp3) is 0.375. The van der Waals surface area contributed by atoms with E-state index in [-0.39, 0.29) is 11.5 Å². The quantitative estimate of drug-likeness (QED) is 0.167. The lowest BCUT2D eigenvalue weighted by molar-refractivity contribution is 0.00713. The van der Waals surface area contributed by atoms with E-state index >= 15 is 0 Å². The van der Waals surface area contributed by atoms with Gasteiger partial charge in [0, 0.05) is 50.1 Å². The maximum atomic E-state index is 13.0. The maximum Gasteiger partial charge on any atom is 0.410 e. The van der Waals surface area contributed by atoms with Gasteiger partial charge in [0.1, 0.15) is 24.5 Å². The van der Waals surface area contributed by atoms with E-state index < -0.39 is 5.60 Å². The topological polar surface area (TPSA) is 82.0 Å². The number of carbonyl (C=O) groups is 1. The van der Waals surface area contributed by atoms with Crippen molar-refractivity contribution < 1.29 is 19.0 Å². The van der Waals surface area contributed by atoms with Crippen LogP contribution in [0.1, 0.15) is 51.2 Å². The molecular weight excluding hydrogens is 614 g/mol. The van der Waals surface area contributed by atoms with Crippen molar-refractivity contribution in [1.82, 2.24) is 19.7 Å². The minimum atomic E-state index is -0.506. The first-order valence-electron chi connectivity index (χ1n) is 17.2. The van der Waals surface area contributed by atoms with Gasteiger partial charge in [0.2, 0.25) is 11.8 Å². The molecule has 2 aromatic heterocycles. The van der Waals surface area contributed by atoms with Crippen LogP contribution in [0.15, 0.2) is 91.0 Å². The highest BCUT2D eigenvalue weighted by molar-refractivity contribution is 6.01. The molecule has 2 fully saturated rings. The van der Waals surface area contributed by atoms with Crippen LogP contribution in [0.2, 0.25) is 0 Å². The van der Waals surface area contributed by atoms with Crippen molar-refractivity contribution in [3.05, 3.63) is 102 Å². The van der Waals surface area contributed by atoms with Gasteiger partial charge >= 0.3 is 6.09 Å². The van der Waals surface area contributed by atoms with Crippen molar-refractivity contribution >= 4 is 22.7 Å². The highest BCUT2D eigenvalue weighted by Gasteiger charge is 2.44. The van der Waals surface area contributed by atoms with E-state index in [4.69, 9.17) is 24.3 Å². The predicted molar refractivity (Wildman–Crippen MR) is 192 cm³/mol. The Labute approximate surface area is 288 Å². The van der Waals surface area contributed by atoms with Crippen LogP contribution in [0.3, 0.4) is 0 Å². The van der Waals surface area contributed by atoms with Crippen molar-refractivity contribution in [1.29, 1.82) is 0 Å². The van der Waals surface area contributed by atoms with E-state index in [1.54, 1.807) is 0 Å². The van der Waals surface area contributed by atoms with Crippen LogP contribution in [0, 0.1) is 5.41 Å². The number of piperidine rings is 1. The Bertz CT molecular complexity index is 1920. The Hall–Kier alpha value is -5.05. The van der Waals surface area contributed by atoms with Crippen LogP contribution in [0.5, 0.6) is 11.8 Å². The van der Waals surface area contributed by atoms with Crippen LogP contribution >= 0.6 is 0 Å². The molecule has 2 saturated heterocycles. The molecule has 0 radical (unpaired) electrons. The lowest BCUT2D eigenvalue weighted by Gasteiger charge is -2.40. The lowest BCUT2D eigenvalue weighted by Crippen LogP contribution is -2.48. The number of aryl methyl sites for hydroxylation is 1. The van der Waals surface area contributed by atoms with Crippen molar-refractivity contribution in [2.45, 2.75) is 58.8 Å². The molecule has 4 heterocycles. The number of carbonyl (C=O) groups excluding carboxylic acids is 1. The Morgan fingerprint density at radius 3 is 2.24 bits per heavy atom. The van der Waals surface area contributed by atoms with E-state index in [1.807, 2.05) is 110 Å². The number of aromatic nitrogens is 3. The first kappa shape index (κ1) is 32.5. The van der Waals surface area contributed by atoms with Gasteiger partial charge in [-0.3, -0.25) is 4.68 Å². The zero-order chi connectivity index (χ0) is 34.0. The third-order valence-electron chi connectivity index (χ3n) is 9.47. The summed E-state index contributed by atoms with van der Waals surface area (Å²) in [5.41, 5.74) is 5.48. The largest absolute Gasteiger partial charge is 0.473 e. The first-order valence-corrected chi connectivity index (χ1v) is 17.2. The molecule has 1 unspecified atom stereocenters. The summed E-state index contributed by atoms with van der Waals surface area (Å²) < 4.78 is 20.2. The summed E-state index contributed by atoms with van der Waals surface area (Å²) in [6.07, 6.45) is 2.90. The molecule has 2 aliphatic rings. The van der Waals surface area contributed by atoms with Crippen molar-refractivity contribution in [3.8, 4) is 23.0 Å². The van der Waals surface area contributed by atoms with E-state index in [2.05, 4.69) is 23.1 Å². The number of pyridine rings is 1. The Morgan fingerprint density at radius 1 is 0.816 bits per heavy atom. The molecule has 0 N–H and O–H groups in total. The van der Waals surface area contributed by atoms with Gasteiger partial charge in [0.15, 0.2) is 0 Å². The van der Waals surface area contributed by atoms with Gasteiger partial charge in [-0.15, -0.1) is 0 Å². The van der Waals surface area contributed by atoms with E-state index in [1.165, 1.54) is 0 Å². The number of fused-ring (bicyclic) bond motifs is 1. The molecule has 0 saturated carbocycles. The van der Waals surface area contributed by atoms with Gasteiger partial charge in [-0.2, -0.15) is 10.1 Å². The number of ether oxygens (including phenoxy) is 3. The second-order valence-corrected chi connectivity index (χ2v) is 14.4. The predicted octanol–water partition coefficient (Wildman–Crippen LogP) is 8.02. The third kappa shape index (κ3) is 7.21. The molecule has 0 aliphatic carbocycles. The van der Waals surface area contributed by atoms with Crippen LogP contribution in [-0.4, -0.2) is 57.5 Å². The van der Waals surface area contributed by atoms with Gasteiger partial charge < -0.3 is 24.0 Å². The standard InChI is InChI=1S/C40H45N5O4/c1-39(2,3)49-38(46)45-23-12-21-40(28-45)22-24-44(27-40)33-18-11-17-31-35(42-43(4)36(31)33)32-19-20-34(47-25-29-13-7-5-8-14-29)41-37(32)48-26-30-15-9-6-10-16-30/h5-11,13-20H,12,21-28H2,1-4H3. The number of hydrogen-bond donors (Lipinski definition) is 0. The van der Waals surface area contributed by atoms with Gasteiger partial charge in [-0.05, 0) is 63.3 Å². The summed E-state index contributed by atoms with van der Waals surface area (Å²) in [5.74, 6) is 0.969. The lowest BCUT2D eigenvalue weighted by atomic mass is 9.79. The van der Waals surface area contributed by atoms with Gasteiger partial charge in [0.05, 0.1) is 16.8 Å². The number of amides is 1. The summed E-state index contributed by atoms with van der Waals surface area (Å²) in [7, 11) is 2.00. The normalized spacial score (nSPS) is 17.9. The van der Waals surface area contributed by atoms with Crippen LogP contribution in [0.25, 0.3) is 22.2 Å². The van der Waals surface area contributed by atoms with Crippen molar-refractivity contribution in [2.75, 3.05) is 31.1 Å². The molecule has 254 valence electrons. The minimum absolute atomic E-state index is 0.0384. The van der Waals surface area contributed by atoms with E-state index in [0.29, 0.717) is 25.0 Å². The second-order valence-electron chi connectivity index (χ2n) is 14.4. The number of benzene rings is 3. The maximum absolute atomic E-state index is 13.0. The molecule has 1 spiro atoms. The summed E-state index contributed by atoms with van der Waals surface area (Å²) in [5, 5.41) is 6.10. The van der Waals surface area contributed by atoms with Crippen molar-refractivity contribution in [2.24, 2.45) is 12.5 Å². The molecule has 0 bridgehead atoms. The average molecular weight is 660 g/mol. The number of likely N-dealkylation sites (tertiary alicyclic amines) is 1. The molecule has 9 heteroatoms. The fourth-order valence-electron chi connectivity index (χ4n) is 7.19. The summed E-state index contributed by atoms with van der Waals surface area (Å²) in [6.45, 7) is 9.82. The van der Waals surface area contributed by atoms with Gasteiger partial charge in [-0.25, -0.2) is 4.79 Å². The monoisotopic (exact) mass is 659 g/mol. The molecule has 1 amide bonds. The third-order valence-corrected chi connectivity index (χ3v) is 9.47. The molecule has 1 atom stereocenters. The molecule has 7 rings (SSSR count). The molecule has 5 aromatic rings.